The van der Waals surface area contributed by atoms with E-state index in [1.165, 1.54) is 12.8 Å². The zero-order valence-electron chi connectivity index (χ0n) is 11.3. The van der Waals surface area contributed by atoms with Crippen molar-refractivity contribution in [3.05, 3.63) is 23.0 Å². The van der Waals surface area contributed by atoms with Crippen LogP contribution in [0.2, 0.25) is 0 Å². The van der Waals surface area contributed by atoms with E-state index in [9.17, 15) is 5.11 Å². The van der Waals surface area contributed by atoms with Gasteiger partial charge in [-0.2, -0.15) is 5.26 Å². The Morgan fingerprint density at radius 3 is 2.72 bits per heavy atom. The minimum atomic E-state index is -0.185. The molecule has 0 spiro atoms. The summed E-state index contributed by atoms with van der Waals surface area (Å²) >= 11 is 0. The van der Waals surface area contributed by atoms with Crippen molar-refractivity contribution in [1.29, 1.82) is 5.26 Å². The first kappa shape index (κ1) is 13.1. The van der Waals surface area contributed by atoms with E-state index < -0.39 is 0 Å². The second-order valence-electron chi connectivity index (χ2n) is 5.51. The van der Waals surface area contributed by atoms with Crippen LogP contribution in [-0.4, -0.2) is 21.8 Å². The molecule has 98 valence electrons. The highest BCUT2D eigenvalue weighted by atomic mass is 16.3. The fraction of sp³-hybridized carbons (Fsp3) is 0.643. The van der Waals surface area contributed by atoms with Crippen molar-refractivity contribution in [2.75, 3.05) is 6.61 Å². The van der Waals surface area contributed by atoms with Gasteiger partial charge < -0.3 is 15.0 Å². The van der Waals surface area contributed by atoms with E-state index in [1.807, 2.05) is 24.6 Å². The molecule has 1 fully saturated rings. The zero-order chi connectivity index (χ0) is 13.3. The lowest BCUT2D eigenvalue weighted by Crippen LogP contribution is -2.47. The Balaban J connectivity index is 2.08. The van der Waals surface area contributed by atoms with Gasteiger partial charge >= 0.3 is 0 Å². The third kappa shape index (κ3) is 2.29. The van der Waals surface area contributed by atoms with Crippen molar-refractivity contribution < 1.29 is 5.11 Å². The van der Waals surface area contributed by atoms with Gasteiger partial charge in [-0.15, -0.1) is 0 Å². The number of aromatic nitrogens is 1. The van der Waals surface area contributed by atoms with Crippen molar-refractivity contribution in [3.63, 3.8) is 0 Å². The number of aliphatic hydroxyl groups excluding tert-OH is 1. The van der Waals surface area contributed by atoms with E-state index in [1.54, 1.807) is 0 Å². The molecule has 1 saturated carbocycles. The molecule has 1 aliphatic rings. The first-order valence-corrected chi connectivity index (χ1v) is 6.43. The van der Waals surface area contributed by atoms with Gasteiger partial charge in [-0.05, 0) is 44.2 Å². The summed E-state index contributed by atoms with van der Waals surface area (Å²) in [6, 6.07) is 4.11. The van der Waals surface area contributed by atoms with Crippen molar-refractivity contribution in [2.24, 2.45) is 13.0 Å². The predicted molar refractivity (Wildman–Crippen MR) is 69.9 cm³/mol. The van der Waals surface area contributed by atoms with Crippen molar-refractivity contribution in [3.8, 4) is 6.07 Å². The Morgan fingerprint density at radius 1 is 1.61 bits per heavy atom. The number of rotatable bonds is 5. The monoisotopic (exact) mass is 247 g/mol. The Bertz CT molecular complexity index is 482. The summed E-state index contributed by atoms with van der Waals surface area (Å²) in [6.45, 7) is 4.96. The Morgan fingerprint density at radius 2 is 2.28 bits per heavy atom. The minimum Gasteiger partial charge on any atom is -0.394 e. The molecule has 1 atom stereocenters. The Kier molecular flexibility index (Phi) is 3.47. The van der Waals surface area contributed by atoms with Crippen molar-refractivity contribution >= 4 is 0 Å². The summed E-state index contributed by atoms with van der Waals surface area (Å²) in [5.41, 5.74) is 2.74. The zero-order valence-corrected chi connectivity index (χ0v) is 11.3. The van der Waals surface area contributed by atoms with Gasteiger partial charge in [-0.3, -0.25) is 0 Å². The highest BCUT2D eigenvalue weighted by Gasteiger charge is 2.40. The Labute approximate surface area is 108 Å². The third-order valence-electron chi connectivity index (χ3n) is 4.24. The second-order valence-corrected chi connectivity index (χ2v) is 5.51. The van der Waals surface area contributed by atoms with Crippen LogP contribution in [0.1, 0.15) is 36.7 Å². The van der Waals surface area contributed by atoms with Gasteiger partial charge in [0.1, 0.15) is 11.8 Å². The van der Waals surface area contributed by atoms with Crippen LogP contribution in [0.3, 0.4) is 0 Å². The third-order valence-corrected chi connectivity index (χ3v) is 4.24. The summed E-state index contributed by atoms with van der Waals surface area (Å²) in [5.74, 6) is 0.585. The molecule has 0 aliphatic heterocycles. The van der Waals surface area contributed by atoms with Gasteiger partial charge in [0.25, 0.3) is 0 Å². The topological polar surface area (TPSA) is 61.0 Å². The van der Waals surface area contributed by atoms with Gasteiger partial charge in [0.2, 0.25) is 0 Å². The normalized spacial score (nSPS) is 18.4. The number of nitrogens with one attached hydrogen (secondary N) is 1. The van der Waals surface area contributed by atoms with Crippen LogP contribution in [0.5, 0.6) is 0 Å². The first-order chi connectivity index (χ1) is 8.51. The quantitative estimate of drug-likeness (QED) is 0.828. The van der Waals surface area contributed by atoms with Gasteiger partial charge in [-0.25, -0.2) is 0 Å². The average molecular weight is 247 g/mol. The molecule has 1 unspecified atom stereocenters. The smallest absolute Gasteiger partial charge is 0.120 e. The molecule has 0 radical (unpaired) electrons. The summed E-state index contributed by atoms with van der Waals surface area (Å²) in [4.78, 5) is 0. The van der Waals surface area contributed by atoms with E-state index >= 15 is 0 Å². The van der Waals surface area contributed by atoms with E-state index in [-0.39, 0.29) is 12.1 Å². The lowest BCUT2D eigenvalue weighted by atomic mass is 9.96. The van der Waals surface area contributed by atoms with Crippen molar-refractivity contribution in [1.82, 2.24) is 9.88 Å². The average Bonchev–Trinajstić information content (AvgIpc) is 3.18. The molecule has 1 heterocycles. The summed E-state index contributed by atoms with van der Waals surface area (Å²) < 4.78 is 1.91. The van der Waals surface area contributed by atoms with Crippen LogP contribution in [0.4, 0.5) is 0 Å². The molecule has 1 aromatic rings. The van der Waals surface area contributed by atoms with Crippen LogP contribution >= 0.6 is 0 Å². The molecule has 1 aliphatic carbocycles. The lowest BCUT2D eigenvalue weighted by molar-refractivity contribution is 0.153. The Hall–Kier alpha value is -1.31. The molecular formula is C14H21N3O. The van der Waals surface area contributed by atoms with Crippen molar-refractivity contribution in [2.45, 2.75) is 38.8 Å². The number of nitrogens with zero attached hydrogens (tertiary/aromatic N) is 2. The molecule has 4 heteroatoms. The van der Waals surface area contributed by atoms with E-state index in [4.69, 9.17) is 5.26 Å². The SMILES string of the molecule is Cc1c(CNC(C)(CO)C2CC2)cc(C#N)n1C. The van der Waals surface area contributed by atoms with Crippen LogP contribution in [0.25, 0.3) is 0 Å². The van der Waals surface area contributed by atoms with Gasteiger partial charge in [0.05, 0.1) is 6.61 Å². The number of hydrogen-bond acceptors (Lipinski definition) is 3. The molecular weight excluding hydrogens is 226 g/mol. The van der Waals surface area contributed by atoms with Crippen LogP contribution in [-0.2, 0) is 13.6 Å². The molecule has 2 N–H and O–H groups in total. The summed E-state index contributed by atoms with van der Waals surface area (Å²) in [6.07, 6.45) is 2.39. The first-order valence-electron chi connectivity index (χ1n) is 6.43. The van der Waals surface area contributed by atoms with E-state index in [0.29, 0.717) is 18.2 Å². The minimum absolute atomic E-state index is 0.161. The highest BCUT2D eigenvalue weighted by Crippen LogP contribution is 2.39. The fourth-order valence-electron chi connectivity index (χ4n) is 2.40. The fourth-order valence-corrected chi connectivity index (χ4v) is 2.40. The van der Waals surface area contributed by atoms with E-state index in [2.05, 4.69) is 18.3 Å². The summed E-state index contributed by atoms with van der Waals surface area (Å²) in [5, 5.41) is 22.0. The van der Waals surface area contributed by atoms with E-state index in [0.717, 1.165) is 11.3 Å². The van der Waals surface area contributed by atoms with Gasteiger partial charge in [-0.1, -0.05) is 0 Å². The number of nitriles is 1. The lowest BCUT2D eigenvalue weighted by Gasteiger charge is -2.29. The number of aliphatic hydroxyl groups is 1. The summed E-state index contributed by atoms with van der Waals surface area (Å²) in [7, 11) is 1.91. The molecule has 0 aromatic carbocycles. The predicted octanol–water partition coefficient (Wildman–Crippen LogP) is 1.46. The molecule has 0 amide bonds. The van der Waals surface area contributed by atoms with Crippen LogP contribution in [0.15, 0.2) is 6.07 Å². The molecule has 1 aromatic heterocycles. The maximum absolute atomic E-state index is 9.53. The molecule has 4 nitrogen and oxygen atoms in total. The van der Waals surface area contributed by atoms with Crippen LogP contribution in [0, 0.1) is 24.2 Å². The molecule has 18 heavy (non-hydrogen) atoms. The molecule has 0 bridgehead atoms. The molecule has 0 saturated heterocycles. The molecule has 2 rings (SSSR count). The largest absolute Gasteiger partial charge is 0.394 e. The maximum Gasteiger partial charge on any atom is 0.120 e. The highest BCUT2D eigenvalue weighted by molar-refractivity contribution is 5.34. The van der Waals surface area contributed by atoms with Crippen LogP contribution < -0.4 is 5.32 Å². The maximum atomic E-state index is 9.53. The van der Waals surface area contributed by atoms with Gasteiger partial charge in [0.15, 0.2) is 0 Å². The second kappa shape index (κ2) is 4.75. The standard InChI is InChI=1S/C14H21N3O/c1-10-11(6-13(7-15)17(10)3)8-16-14(2,9-18)12-4-5-12/h6,12,16,18H,4-5,8-9H2,1-3H3. The van der Waals surface area contributed by atoms with Gasteiger partial charge in [0, 0.05) is 24.8 Å². The number of hydrogen-bond donors (Lipinski definition) is 2.